The molecule has 0 bridgehead atoms. The summed E-state index contributed by atoms with van der Waals surface area (Å²) in [6.07, 6.45) is 3.84. The summed E-state index contributed by atoms with van der Waals surface area (Å²) >= 11 is 1.17. The summed E-state index contributed by atoms with van der Waals surface area (Å²) in [6, 6.07) is 16.3. The standard InChI is InChI=1S/C28H26N6O3S/c1-18-6-2-3-7-19(18)16-33-17-20(21-8-4-5-9-23(21)33)14-22-26(29)34-28(30-27(22)36)38-24(31-34)15-25(35)32-10-12-37-13-11-32/h2-9,14,17,29H,10-13,15-16H2,1H3/b22-14+,29-26?. The van der Waals surface area contributed by atoms with E-state index in [2.05, 4.69) is 39.8 Å². The summed E-state index contributed by atoms with van der Waals surface area (Å²) in [6.45, 7) is 4.95. The molecule has 9 nitrogen and oxygen atoms in total. The summed E-state index contributed by atoms with van der Waals surface area (Å²) in [7, 11) is 0. The predicted molar refractivity (Wildman–Crippen MR) is 149 cm³/mol. The van der Waals surface area contributed by atoms with E-state index < -0.39 is 5.91 Å². The molecule has 0 atom stereocenters. The number of aliphatic imine (C=N–C) groups is 1. The highest BCUT2D eigenvalue weighted by Crippen LogP contribution is 2.31. The van der Waals surface area contributed by atoms with Gasteiger partial charge in [0, 0.05) is 42.3 Å². The average Bonchev–Trinajstić information content (AvgIpc) is 3.49. The average molecular weight is 527 g/mol. The van der Waals surface area contributed by atoms with Gasteiger partial charge in [-0.3, -0.25) is 15.0 Å². The summed E-state index contributed by atoms with van der Waals surface area (Å²) in [5, 5.41) is 16.4. The maximum atomic E-state index is 13.0. The van der Waals surface area contributed by atoms with Crippen LogP contribution >= 0.6 is 11.8 Å². The van der Waals surface area contributed by atoms with Crippen LogP contribution in [0.1, 0.15) is 23.1 Å². The van der Waals surface area contributed by atoms with Crippen LogP contribution in [0.3, 0.4) is 0 Å². The number of hydrazone groups is 1. The summed E-state index contributed by atoms with van der Waals surface area (Å²) < 4.78 is 7.48. The van der Waals surface area contributed by atoms with Gasteiger partial charge >= 0.3 is 0 Å². The van der Waals surface area contributed by atoms with Crippen LogP contribution in [-0.2, 0) is 20.9 Å². The van der Waals surface area contributed by atoms with Crippen molar-refractivity contribution < 1.29 is 14.3 Å². The van der Waals surface area contributed by atoms with Crippen LogP contribution in [0.2, 0.25) is 0 Å². The first kappa shape index (κ1) is 24.3. The fraction of sp³-hybridized carbons (Fsp3) is 0.250. The van der Waals surface area contributed by atoms with Crippen molar-refractivity contribution in [3.05, 3.63) is 77.0 Å². The molecule has 0 radical (unpaired) electrons. The minimum Gasteiger partial charge on any atom is -0.378 e. The van der Waals surface area contributed by atoms with Gasteiger partial charge in [-0.05, 0) is 42.0 Å². The third-order valence-electron chi connectivity index (χ3n) is 6.88. The van der Waals surface area contributed by atoms with Crippen molar-refractivity contribution in [3.63, 3.8) is 0 Å². The highest BCUT2D eigenvalue weighted by atomic mass is 32.2. The van der Waals surface area contributed by atoms with Crippen LogP contribution in [0.4, 0.5) is 0 Å². The normalized spacial score (nSPS) is 18.7. The molecule has 1 fully saturated rings. The zero-order valence-electron chi connectivity index (χ0n) is 20.9. The highest BCUT2D eigenvalue weighted by molar-refractivity contribution is 8.27. The molecule has 6 rings (SSSR count). The van der Waals surface area contributed by atoms with Gasteiger partial charge in [0.25, 0.3) is 5.91 Å². The van der Waals surface area contributed by atoms with E-state index in [0.29, 0.717) is 43.1 Å². The fourth-order valence-corrected chi connectivity index (χ4v) is 5.68. The maximum absolute atomic E-state index is 13.0. The zero-order chi connectivity index (χ0) is 26.2. The number of thioether (sulfide) groups is 1. The van der Waals surface area contributed by atoms with Crippen LogP contribution in [0.25, 0.3) is 17.0 Å². The van der Waals surface area contributed by atoms with Crippen molar-refractivity contribution >= 4 is 56.6 Å². The Kier molecular flexibility index (Phi) is 6.42. The molecular formula is C28H26N6O3S. The first-order chi connectivity index (χ1) is 18.5. The Labute approximate surface area is 224 Å². The number of hydrogen-bond donors (Lipinski definition) is 1. The van der Waals surface area contributed by atoms with E-state index in [9.17, 15) is 9.59 Å². The SMILES string of the molecule is Cc1ccccc1Cn1cc(/C=C2\C(=N)N3N=C(CC(=O)N4CCOCC4)SC3=NC2=O)c2ccccc21. The number of benzene rings is 2. The van der Waals surface area contributed by atoms with Gasteiger partial charge in [0.05, 0.1) is 25.2 Å². The van der Waals surface area contributed by atoms with E-state index in [1.807, 2.05) is 36.5 Å². The van der Waals surface area contributed by atoms with E-state index in [-0.39, 0.29) is 23.7 Å². The van der Waals surface area contributed by atoms with Gasteiger partial charge in [-0.2, -0.15) is 15.1 Å². The van der Waals surface area contributed by atoms with Crippen LogP contribution in [0.15, 0.2) is 70.4 Å². The largest absolute Gasteiger partial charge is 0.378 e. The molecule has 2 amide bonds. The van der Waals surface area contributed by atoms with Crippen molar-refractivity contribution in [1.29, 1.82) is 5.41 Å². The van der Waals surface area contributed by atoms with E-state index in [1.165, 1.54) is 27.9 Å². The zero-order valence-corrected chi connectivity index (χ0v) is 21.7. The summed E-state index contributed by atoms with van der Waals surface area (Å²) in [5.41, 5.74) is 4.46. The Bertz CT molecular complexity index is 1560. The number of hydrogen-bond acceptors (Lipinski definition) is 6. The number of rotatable bonds is 5. The molecule has 38 heavy (non-hydrogen) atoms. The molecule has 4 heterocycles. The molecule has 3 aliphatic heterocycles. The number of morpholine rings is 1. The fourth-order valence-electron chi connectivity index (χ4n) is 4.80. The van der Waals surface area contributed by atoms with Gasteiger partial charge in [0.2, 0.25) is 11.1 Å². The number of carbonyl (C=O) groups is 2. The van der Waals surface area contributed by atoms with Gasteiger partial charge in [-0.15, -0.1) is 0 Å². The van der Waals surface area contributed by atoms with Crippen LogP contribution in [0, 0.1) is 12.3 Å². The molecule has 0 aliphatic carbocycles. The molecule has 3 aromatic rings. The van der Waals surface area contributed by atoms with Gasteiger partial charge in [0.1, 0.15) is 5.04 Å². The van der Waals surface area contributed by atoms with Crippen LogP contribution in [0.5, 0.6) is 0 Å². The Morgan fingerprint density at radius 1 is 1.13 bits per heavy atom. The Morgan fingerprint density at radius 2 is 1.89 bits per heavy atom. The lowest BCUT2D eigenvalue weighted by Gasteiger charge is -2.26. The van der Waals surface area contributed by atoms with Crippen LogP contribution in [-0.4, -0.2) is 68.6 Å². The molecule has 1 aromatic heterocycles. The molecule has 1 N–H and O–H groups in total. The lowest BCUT2D eigenvalue weighted by Crippen LogP contribution is -2.41. The number of nitrogens with zero attached hydrogens (tertiary/aromatic N) is 5. The lowest BCUT2D eigenvalue weighted by atomic mass is 10.1. The molecular weight excluding hydrogens is 500 g/mol. The van der Waals surface area contributed by atoms with E-state index in [0.717, 1.165) is 16.5 Å². The number of amidine groups is 2. The number of aryl methyl sites for hydroxylation is 1. The van der Waals surface area contributed by atoms with Crippen LogP contribution < -0.4 is 0 Å². The quantitative estimate of drug-likeness (QED) is 0.509. The van der Waals surface area contributed by atoms with E-state index in [1.54, 1.807) is 11.0 Å². The summed E-state index contributed by atoms with van der Waals surface area (Å²) in [5.74, 6) is -0.576. The molecule has 0 spiro atoms. The predicted octanol–water partition coefficient (Wildman–Crippen LogP) is 3.87. The van der Waals surface area contributed by atoms with Crippen molar-refractivity contribution in [2.24, 2.45) is 10.1 Å². The minimum atomic E-state index is -0.486. The second-order valence-corrected chi connectivity index (χ2v) is 10.4. The third-order valence-corrected chi connectivity index (χ3v) is 7.79. The molecule has 1 saturated heterocycles. The third kappa shape index (κ3) is 4.57. The molecule has 10 heteroatoms. The monoisotopic (exact) mass is 526 g/mol. The van der Waals surface area contributed by atoms with Gasteiger partial charge in [0.15, 0.2) is 5.84 Å². The number of ether oxygens (including phenoxy) is 1. The minimum absolute atomic E-state index is 0.0444. The number of para-hydroxylation sites is 1. The smallest absolute Gasteiger partial charge is 0.283 e. The second-order valence-electron chi connectivity index (χ2n) is 9.34. The Balaban J connectivity index is 1.28. The Morgan fingerprint density at radius 3 is 2.71 bits per heavy atom. The number of carbonyl (C=O) groups excluding carboxylic acids is 2. The number of nitrogens with one attached hydrogen (secondary N) is 1. The van der Waals surface area contributed by atoms with Crippen molar-refractivity contribution in [3.8, 4) is 0 Å². The lowest BCUT2D eigenvalue weighted by molar-refractivity contribution is -0.133. The summed E-state index contributed by atoms with van der Waals surface area (Å²) in [4.78, 5) is 31.6. The van der Waals surface area contributed by atoms with Crippen molar-refractivity contribution in [2.75, 3.05) is 26.3 Å². The number of aromatic nitrogens is 1. The van der Waals surface area contributed by atoms with Crippen molar-refractivity contribution in [1.82, 2.24) is 14.5 Å². The van der Waals surface area contributed by atoms with Gasteiger partial charge in [-0.25, -0.2) is 0 Å². The topological polar surface area (TPSA) is 103 Å². The number of amides is 2. The first-order valence-corrected chi connectivity index (χ1v) is 13.3. The van der Waals surface area contributed by atoms with E-state index in [4.69, 9.17) is 10.1 Å². The van der Waals surface area contributed by atoms with Crippen molar-refractivity contribution in [2.45, 2.75) is 19.9 Å². The number of fused-ring (bicyclic) bond motifs is 2. The molecule has 192 valence electrons. The maximum Gasteiger partial charge on any atom is 0.283 e. The molecule has 3 aliphatic rings. The first-order valence-electron chi connectivity index (χ1n) is 12.4. The highest BCUT2D eigenvalue weighted by Gasteiger charge is 2.36. The molecule has 2 aromatic carbocycles. The molecule has 0 saturated carbocycles. The second kappa shape index (κ2) is 10.0. The molecule has 0 unspecified atom stereocenters. The van der Waals surface area contributed by atoms with Gasteiger partial charge < -0.3 is 14.2 Å². The van der Waals surface area contributed by atoms with E-state index >= 15 is 0 Å². The Hall–Kier alpha value is -4.02. The van der Waals surface area contributed by atoms with Gasteiger partial charge in [-0.1, -0.05) is 42.5 Å².